The molecule has 426 valence electrons. The fourth-order valence-electron chi connectivity index (χ4n) is 7.28. The minimum absolute atomic E-state index is 0.123. The standard InChI is InChI=1S/C11H14F2O.C11H14F2.C10H11ClF2.C10H12ClF.C10H11F3.C10H12F2/c1-7(2)4-9-10(13)5-8(12)6-11(9)14-3;1-7(2)6-9-4-5-10(12)8(3)11(9)13;1-6(2)5-7-3-4-8(12)9(11)10(7)13;1-7(2)5-8-3-4-10(12)9(11)6-8;1-6(2)5-7-3-4-8(11)10(13)9(7)12;1-7(2)5-8-3-4-9(11)6-10(8)12/h5-7H,4H2,1-3H3;4-5,7H,6H2,1-3H3;3-4,6H,5H2,1-2H3;3-4,6-7H,5H2,1-2H3;3-4,6H,5H2,1-2H3;3-4,6-7H,5H2,1-2H3. The van der Waals surface area contributed by atoms with Crippen LogP contribution in [0.2, 0.25) is 10.0 Å². The van der Waals surface area contributed by atoms with Crippen LogP contribution in [0.25, 0.3) is 0 Å². The third-order valence-corrected chi connectivity index (χ3v) is 11.4. The van der Waals surface area contributed by atoms with Gasteiger partial charge in [0, 0.05) is 29.3 Å². The molecule has 0 aliphatic rings. The lowest BCUT2D eigenvalue weighted by molar-refractivity contribution is 0.395. The van der Waals surface area contributed by atoms with Gasteiger partial charge in [0.2, 0.25) is 0 Å². The van der Waals surface area contributed by atoms with Gasteiger partial charge in [-0.15, -0.1) is 0 Å². The van der Waals surface area contributed by atoms with Crippen LogP contribution in [0.3, 0.4) is 0 Å². The largest absolute Gasteiger partial charge is 0.496 e. The van der Waals surface area contributed by atoms with E-state index in [1.54, 1.807) is 12.1 Å². The van der Waals surface area contributed by atoms with Gasteiger partial charge in [-0.1, -0.05) is 137 Å². The van der Waals surface area contributed by atoms with Crippen LogP contribution < -0.4 is 4.74 Å². The molecule has 6 aromatic rings. The van der Waals surface area contributed by atoms with Crippen LogP contribution in [-0.2, 0) is 38.5 Å². The van der Waals surface area contributed by atoms with Gasteiger partial charge in [-0.2, -0.15) is 0 Å². The molecule has 0 aromatic heterocycles. The molecule has 0 saturated carbocycles. The van der Waals surface area contributed by atoms with Gasteiger partial charge in [-0.05, 0) is 145 Å². The van der Waals surface area contributed by atoms with Crippen molar-refractivity contribution in [2.24, 2.45) is 35.5 Å². The number of benzene rings is 6. The minimum Gasteiger partial charge on any atom is -0.496 e. The van der Waals surface area contributed by atoms with Crippen molar-refractivity contribution < 1.29 is 57.4 Å². The fraction of sp³-hybridized carbons (Fsp3) is 0.419. The summed E-state index contributed by atoms with van der Waals surface area (Å²) >= 11 is 11.0. The van der Waals surface area contributed by atoms with Gasteiger partial charge in [0.15, 0.2) is 17.5 Å². The molecule has 6 aromatic carbocycles. The molecule has 1 nitrogen and oxygen atoms in total. The molecule has 0 amide bonds. The Morgan fingerprint density at radius 1 is 0.364 bits per heavy atom. The van der Waals surface area contributed by atoms with Crippen LogP contribution in [0.1, 0.15) is 122 Å². The number of hydrogen-bond acceptors (Lipinski definition) is 1. The number of rotatable bonds is 13. The van der Waals surface area contributed by atoms with Crippen molar-refractivity contribution in [2.75, 3.05) is 7.11 Å². The van der Waals surface area contributed by atoms with Gasteiger partial charge in [0.05, 0.1) is 12.1 Å². The third kappa shape index (κ3) is 25.9. The van der Waals surface area contributed by atoms with Gasteiger partial charge < -0.3 is 4.74 Å². The van der Waals surface area contributed by atoms with Crippen LogP contribution in [0, 0.1) is 112 Å². The molecular formula is C62H74Cl2F12O. The van der Waals surface area contributed by atoms with Crippen molar-refractivity contribution in [3.8, 4) is 5.75 Å². The molecule has 0 spiro atoms. The number of methoxy groups -OCH3 is 1. The molecule has 0 atom stereocenters. The Morgan fingerprint density at radius 2 is 0.779 bits per heavy atom. The zero-order chi connectivity index (χ0) is 59.0. The number of hydrogen-bond donors (Lipinski definition) is 0. The smallest absolute Gasteiger partial charge is 0.194 e. The normalized spacial score (nSPS) is 10.8. The van der Waals surface area contributed by atoms with E-state index >= 15 is 0 Å². The summed E-state index contributed by atoms with van der Waals surface area (Å²) in [7, 11) is 1.41. The fourth-order valence-corrected chi connectivity index (χ4v) is 7.66. The van der Waals surface area contributed by atoms with Gasteiger partial charge in [0.1, 0.15) is 63.1 Å². The van der Waals surface area contributed by atoms with Crippen molar-refractivity contribution in [1.82, 2.24) is 0 Å². The first kappa shape index (κ1) is 69.9. The highest BCUT2D eigenvalue weighted by molar-refractivity contribution is 6.31. The van der Waals surface area contributed by atoms with Crippen molar-refractivity contribution in [1.29, 1.82) is 0 Å². The maximum absolute atomic E-state index is 13.4. The summed E-state index contributed by atoms with van der Waals surface area (Å²) in [6.45, 7) is 25.4. The summed E-state index contributed by atoms with van der Waals surface area (Å²) in [4.78, 5) is 0. The topological polar surface area (TPSA) is 9.23 Å². The van der Waals surface area contributed by atoms with Gasteiger partial charge in [-0.25, -0.2) is 52.7 Å². The molecule has 0 saturated heterocycles. The van der Waals surface area contributed by atoms with E-state index in [1.807, 2.05) is 69.2 Å². The molecule has 0 N–H and O–H groups in total. The summed E-state index contributed by atoms with van der Waals surface area (Å²) in [5, 5.41) is -0.189. The van der Waals surface area contributed by atoms with Gasteiger partial charge in [-0.3, -0.25) is 0 Å². The van der Waals surface area contributed by atoms with E-state index in [9.17, 15) is 52.7 Å². The minimum atomic E-state index is -1.38. The number of halogens is 14. The van der Waals surface area contributed by atoms with Crippen LogP contribution >= 0.6 is 23.2 Å². The first-order valence-corrected chi connectivity index (χ1v) is 26.1. The Labute approximate surface area is 459 Å². The molecule has 0 aliphatic heterocycles. The predicted molar refractivity (Wildman–Crippen MR) is 291 cm³/mol. The first-order chi connectivity index (χ1) is 35.8. The summed E-state index contributed by atoms with van der Waals surface area (Å²) in [5.41, 5.74) is 3.56. The quantitative estimate of drug-likeness (QED) is 0.0827. The molecular weight excluding hydrogens is 1060 g/mol. The Morgan fingerprint density at radius 3 is 1.25 bits per heavy atom. The van der Waals surface area contributed by atoms with Crippen molar-refractivity contribution >= 4 is 23.2 Å². The van der Waals surface area contributed by atoms with E-state index in [1.165, 1.54) is 68.6 Å². The lowest BCUT2D eigenvalue weighted by atomic mass is 10.0. The van der Waals surface area contributed by atoms with E-state index in [-0.39, 0.29) is 33.6 Å². The Kier molecular flexibility index (Phi) is 31.5. The second-order valence-corrected chi connectivity index (χ2v) is 21.7. The molecule has 0 radical (unpaired) electrons. The Bertz CT molecular complexity index is 2590. The van der Waals surface area contributed by atoms with Crippen molar-refractivity contribution in [3.05, 3.63) is 204 Å². The highest BCUT2D eigenvalue weighted by Crippen LogP contribution is 2.27. The zero-order valence-electron chi connectivity index (χ0n) is 46.5. The van der Waals surface area contributed by atoms with E-state index in [0.29, 0.717) is 83.9 Å². The monoisotopic (exact) mass is 1130 g/mol. The third-order valence-electron chi connectivity index (χ3n) is 10.7. The summed E-state index contributed by atoms with van der Waals surface area (Å²) in [5.74, 6) is -5.70. The Balaban J connectivity index is 0.000000462. The van der Waals surface area contributed by atoms with E-state index in [4.69, 9.17) is 27.9 Å². The van der Waals surface area contributed by atoms with Crippen LogP contribution in [0.4, 0.5) is 52.7 Å². The maximum Gasteiger partial charge on any atom is 0.194 e. The summed E-state index contributed by atoms with van der Waals surface area (Å²) in [6.07, 6.45) is 3.81. The maximum atomic E-state index is 13.4. The molecule has 0 heterocycles. The molecule has 6 rings (SSSR count). The lowest BCUT2D eigenvalue weighted by Gasteiger charge is -2.11. The van der Waals surface area contributed by atoms with Gasteiger partial charge in [0.25, 0.3) is 0 Å². The second kappa shape index (κ2) is 34.7. The van der Waals surface area contributed by atoms with Crippen LogP contribution in [0.5, 0.6) is 5.75 Å². The second-order valence-electron chi connectivity index (χ2n) is 21.0. The number of ether oxygens (including phenoxy) is 1. The average molecular weight is 1130 g/mol. The first-order valence-electron chi connectivity index (χ1n) is 25.4. The molecule has 0 bridgehead atoms. The van der Waals surface area contributed by atoms with E-state index in [0.717, 1.165) is 30.2 Å². The lowest BCUT2D eigenvalue weighted by Crippen LogP contribution is -2.02. The van der Waals surface area contributed by atoms with Crippen LogP contribution in [0.15, 0.2) is 84.9 Å². The van der Waals surface area contributed by atoms with E-state index < -0.39 is 69.0 Å². The molecule has 0 fully saturated rings. The Hall–Kier alpha value is -5.14. The molecule has 15 heteroatoms. The molecule has 0 unspecified atom stereocenters. The molecule has 0 aliphatic carbocycles. The van der Waals surface area contributed by atoms with Crippen molar-refractivity contribution in [2.45, 2.75) is 129 Å². The predicted octanol–water partition coefficient (Wildman–Crippen LogP) is 20.6. The van der Waals surface area contributed by atoms with Crippen LogP contribution in [-0.4, -0.2) is 7.11 Å². The van der Waals surface area contributed by atoms with Gasteiger partial charge >= 0.3 is 0 Å². The highest BCUT2D eigenvalue weighted by atomic mass is 35.5. The molecule has 77 heavy (non-hydrogen) atoms. The highest BCUT2D eigenvalue weighted by Gasteiger charge is 2.16. The summed E-state index contributed by atoms with van der Waals surface area (Å²) in [6, 6.07) is 18.4. The van der Waals surface area contributed by atoms with Crippen molar-refractivity contribution in [3.63, 3.8) is 0 Å². The average Bonchev–Trinajstić information content (AvgIpc) is 3.33. The zero-order valence-corrected chi connectivity index (χ0v) is 48.0. The van der Waals surface area contributed by atoms with E-state index in [2.05, 4.69) is 13.8 Å². The SMILES string of the molecule is CC(C)Cc1ccc(F)c(Cl)c1.CC(C)Cc1ccc(F)c(Cl)c1F.CC(C)Cc1ccc(F)c(F)c1F.CC(C)Cc1ccc(F)cc1F.COc1cc(F)cc(F)c1CC(C)C.Cc1c(F)ccc(CC(C)C)c1F. The summed E-state index contributed by atoms with van der Waals surface area (Å²) < 4.78 is 160.